The van der Waals surface area contributed by atoms with E-state index in [2.05, 4.69) is 32.1 Å². The van der Waals surface area contributed by atoms with Gasteiger partial charge in [-0.2, -0.15) is 0 Å². The summed E-state index contributed by atoms with van der Waals surface area (Å²) in [4.78, 5) is 12.2. The molecule has 5 heteroatoms. The number of aliphatic imine (C=N–C) groups is 1. The van der Waals surface area contributed by atoms with Crippen LogP contribution in [0.2, 0.25) is 0 Å². The van der Waals surface area contributed by atoms with Crippen molar-refractivity contribution < 1.29 is 0 Å². The van der Waals surface area contributed by atoms with Gasteiger partial charge in [-0.25, -0.2) is 0 Å². The average Bonchev–Trinajstić information content (AvgIpc) is 3.33. The molecule has 3 aliphatic rings. The predicted octanol–water partition coefficient (Wildman–Crippen LogP) is 1.85. The van der Waals surface area contributed by atoms with E-state index in [4.69, 9.17) is 0 Å². The van der Waals surface area contributed by atoms with Gasteiger partial charge in [-0.3, -0.25) is 4.99 Å². The van der Waals surface area contributed by atoms with E-state index in [0.717, 1.165) is 37.6 Å². The normalized spacial score (nSPS) is 26.9. The monoisotopic (exact) mass is 335 g/mol. The van der Waals surface area contributed by atoms with E-state index in [-0.39, 0.29) is 0 Å². The smallest absolute Gasteiger partial charge is 0.193 e. The van der Waals surface area contributed by atoms with E-state index in [1.165, 1.54) is 71.1 Å². The molecule has 0 aromatic heterocycles. The minimum Gasteiger partial charge on any atom is -0.355 e. The van der Waals surface area contributed by atoms with Crippen LogP contribution in [0.1, 0.15) is 44.9 Å². The van der Waals surface area contributed by atoms with Crippen molar-refractivity contribution in [3.05, 3.63) is 0 Å². The van der Waals surface area contributed by atoms with E-state index in [1.807, 2.05) is 7.05 Å². The molecular formula is C19H37N5. The summed E-state index contributed by atoms with van der Waals surface area (Å²) in [6.45, 7) is 8.39. The zero-order valence-corrected chi connectivity index (χ0v) is 15.8. The number of hydrogen-bond donors (Lipinski definition) is 1. The van der Waals surface area contributed by atoms with Gasteiger partial charge in [0.15, 0.2) is 5.96 Å². The van der Waals surface area contributed by atoms with Crippen molar-refractivity contribution in [2.45, 2.75) is 51.0 Å². The topological polar surface area (TPSA) is 34.1 Å². The fourth-order valence-electron chi connectivity index (χ4n) is 4.71. The summed E-state index contributed by atoms with van der Waals surface area (Å²) in [5.74, 6) is 1.93. The number of nitrogens with one attached hydrogen (secondary N) is 1. The van der Waals surface area contributed by atoms with Crippen LogP contribution in [0.25, 0.3) is 0 Å². The zero-order valence-electron chi connectivity index (χ0n) is 15.8. The Hall–Kier alpha value is -0.810. The molecule has 2 saturated heterocycles. The average molecular weight is 336 g/mol. The summed E-state index contributed by atoms with van der Waals surface area (Å²) < 4.78 is 0. The van der Waals surface area contributed by atoms with Crippen molar-refractivity contribution in [1.82, 2.24) is 20.0 Å². The third-order valence-electron chi connectivity index (χ3n) is 6.21. The van der Waals surface area contributed by atoms with Crippen LogP contribution in [-0.2, 0) is 0 Å². The number of rotatable bonds is 6. The fourth-order valence-corrected chi connectivity index (χ4v) is 4.71. The van der Waals surface area contributed by atoms with Gasteiger partial charge in [0.2, 0.25) is 0 Å². The first-order valence-corrected chi connectivity index (χ1v) is 10.1. The Labute approximate surface area is 148 Å². The van der Waals surface area contributed by atoms with Gasteiger partial charge in [0.1, 0.15) is 0 Å². The maximum Gasteiger partial charge on any atom is 0.193 e. The summed E-state index contributed by atoms with van der Waals surface area (Å²) in [6, 6.07) is 0.811. The highest BCUT2D eigenvalue weighted by Crippen LogP contribution is 2.22. The summed E-state index contributed by atoms with van der Waals surface area (Å²) in [5, 5.41) is 3.60. The van der Waals surface area contributed by atoms with Gasteiger partial charge in [0, 0.05) is 45.8 Å². The standard InChI is InChI=1S/C19H37N5/c1-20-19(21-10-14-22(2)18-7-3-4-8-18)24-13-9-17(16-24)15-23-11-5-6-12-23/h17-18H,3-16H2,1-2H3,(H,20,21). The van der Waals surface area contributed by atoms with Crippen LogP contribution in [0.5, 0.6) is 0 Å². The number of likely N-dealkylation sites (N-methyl/N-ethyl adjacent to an activating group) is 1. The Kier molecular flexibility index (Phi) is 6.78. The third-order valence-corrected chi connectivity index (χ3v) is 6.21. The summed E-state index contributed by atoms with van der Waals surface area (Å²) in [5.41, 5.74) is 0. The van der Waals surface area contributed by atoms with Crippen LogP contribution >= 0.6 is 0 Å². The van der Waals surface area contributed by atoms with Crippen molar-refractivity contribution in [3.8, 4) is 0 Å². The largest absolute Gasteiger partial charge is 0.355 e. The predicted molar refractivity (Wildman–Crippen MR) is 102 cm³/mol. The Balaban J connectivity index is 1.36. The van der Waals surface area contributed by atoms with Gasteiger partial charge in [-0.1, -0.05) is 12.8 Å². The van der Waals surface area contributed by atoms with Crippen LogP contribution < -0.4 is 5.32 Å². The van der Waals surface area contributed by atoms with Gasteiger partial charge in [-0.15, -0.1) is 0 Å². The Morgan fingerprint density at radius 3 is 2.54 bits per heavy atom. The lowest BCUT2D eigenvalue weighted by molar-refractivity contribution is 0.248. The minimum absolute atomic E-state index is 0.811. The van der Waals surface area contributed by atoms with E-state index in [1.54, 1.807) is 0 Å². The van der Waals surface area contributed by atoms with Crippen molar-refractivity contribution in [1.29, 1.82) is 0 Å². The molecule has 0 spiro atoms. The van der Waals surface area contributed by atoms with Crippen molar-refractivity contribution >= 4 is 5.96 Å². The quantitative estimate of drug-likeness (QED) is 0.593. The number of likely N-dealkylation sites (tertiary alicyclic amines) is 2. The lowest BCUT2D eigenvalue weighted by Crippen LogP contribution is -2.44. The molecule has 5 nitrogen and oxygen atoms in total. The van der Waals surface area contributed by atoms with Crippen LogP contribution in [0, 0.1) is 5.92 Å². The molecule has 0 bridgehead atoms. The van der Waals surface area contributed by atoms with Crippen LogP contribution in [0.4, 0.5) is 0 Å². The molecule has 2 heterocycles. The SMILES string of the molecule is CN=C(NCCN(C)C1CCCC1)N1CCC(CN2CCCC2)C1. The van der Waals surface area contributed by atoms with Crippen LogP contribution in [0.15, 0.2) is 4.99 Å². The molecule has 0 aromatic rings. The highest BCUT2D eigenvalue weighted by molar-refractivity contribution is 5.80. The van der Waals surface area contributed by atoms with Crippen molar-refractivity contribution in [2.24, 2.45) is 10.9 Å². The van der Waals surface area contributed by atoms with Gasteiger partial charge in [0.25, 0.3) is 0 Å². The van der Waals surface area contributed by atoms with E-state index in [0.29, 0.717) is 0 Å². The van der Waals surface area contributed by atoms with Gasteiger partial charge < -0.3 is 20.0 Å². The fraction of sp³-hybridized carbons (Fsp3) is 0.947. The number of guanidine groups is 1. The third kappa shape index (κ3) is 4.85. The van der Waals surface area contributed by atoms with E-state index >= 15 is 0 Å². The molecule has 1 N–H and O–H groups in total. The second kappa shape index (κ2) is 9.04. The molecule has 3 rings (SSSR count). The van der Waals surface area contributed by atoms with Crippen molar-refractivity contribution in [2.75, 3.05) is 59.9 Å². The Morgan fingerprint density at radius 1 is 1.08 bits per heavy atom. The highest BCUT2D eigenvalue weighted by atomic mass is 15.3. The molecule has 138 valence electrons. The molecule has 24 heavy (non-hydrogen) atoms. The molecule has 1 saturated carbocycles. The number of nitrogens with zero attached hydrogens (tertiary/aromatic N) is 4. The molecule has 3 fully saturated rings. The molecule has 1 aliphatic carbocycles. The van der Waals surface area contributed by atoms with Crippen LogP contribution in [-0.4, -0.2) is 86.6 Å². The zero-order chi connectivity index (χ0) is 16.8. The first kappa shape index (κ1) is 18.0. The first-order valence-electron chi connectivity index (χ1n) is 10.1. The molecule has 2 aliphatic heterocycles. The molecule has 0 aromatic carbocycles. The summed E-state index contributed by atoms with van der Waals surface area (Å²) >= 11 is 0. The highest BCUT2D eigenvalue weighted by Gasteiger charge is 2.27. The Bertz CT molecular complexity index is 399. The molecule has 1 atom stereocenters. The lowest BCUT2D eigenvalue weighted by atomic mass is 10.1. The summed E-state index contributed by atoms with van der Waals surface area (Å²) in [6.07, 6.45) is 9.71. The molecular weight excluding hydrogens is 298 g/mol. The van der Waals surface area contributed by atoms with Crippen LogP contribution in [0.3, 0.4) is 0 Å². The second-order valence-corrected chi connectivity index (χ2v) is 8.00. The van der Waals surface area contributed by atoms with Gasteiger partial charge >= 0.3 is 0 Å². The van der Waals surface area contributed by atoms with Gasteiger partial charge in [0.05, 0.1) is 0 Å². The van der Waals surface area contributed by atoms with E-state index < -0.39 is 0 Å². The number of hydrogen-bond acceptors (Lipinski definition) is 3. The molecule has 1 unspecified atom stereocenters. The second-order valence-electron chi connectivity index (χ2n) is 8.00. The van der Waals surface area contributed by atoms with Crippen molar-refractivity contribution in [3.63, 3.8) is 0 Å². The molecule has 0 radical (unpaired) electrons. The maximum absolute atomic E-state index is 4.53. The van der Waals surface area contributed by atoms with E-state index in [9.17, 15) is 0 Å². The van der Waals surface area contributed by atoms with Gasteiger partial charge in [-0.05, 0) is 58.2 Å². The first-order chi connectivity index (χ1) is 11.8. The molecule has 0 amide bonds. The Morgan fingerprint density at radius 2 is 1.83 bits per heavy atom. The minimum atomic E-state index is 0.811. The maximum atomic E-state index is 4.53. The summed E-state index contributed by atoms with van der Waals surface area (Å²) in [7, 11) is 4.21. The lowest BCUT2D eigenvalue weighted by Gasteiger charge is -2.26.